The smallest absolute Gasteiger partial charge is 0.176 e. The van der Waals surface area contributed by atoms with Crippen LogP contribution in [0.25, 0.3) is 0 Å². The fourth-order valence-electron chi connectivity index (χ4n) is 1.47. The second-order valence-electron chi connectivity index (χ2n) is 3.82. The Hall–Kier alpha value is -1.21. The van der Waals surface area contributed by atoms with E-state index >= 15 is 0 Å². The maximum absolute atomic E-state index is 4.52. The molecule has 0 aromatic carbocycles. The number of nitrogens with one attached hydrogen (secondary N) is 1. The molecule has 19 heavy (non-hydrogen) atoms. The van der Waals surface area contributed by atoms with E-state index in [0.29, 0.717) is 0 Å². The Morgan fingerprint density at radius 2 is 1.89 bits per heavy atom. The Morgan fingerprint density at radius 1 is 1.11 bits per heavy atom. The van der Waals surface area contributed by atoms with Crippen LogP contribution in [0.3, 0.4) is 0 Å². The fourth-order valence-corrected chi connectivity index (χ4v) is 3.14. The summed E-state index contributed by atoms with van der Waals surface area (Å²) in [6.07, 6.45) is 1.69. The molecule has 0 radical (unpaired) electrons. The van der Waals surface area contributed by atoms with Gasteiger partial charge in [0.2, 0.25) is 0 Å². The van der Waals surface area contributed by atoms with E-state index in [1.165, 1.54) is 11.5 Å². The first-order valence-corrected chi connectivity index (χ1v) is 7.96. The number of hydrogen-bond donors (Lipinski definition) is 1. The van der Waals surface area contributed by atoms with Gasteiger partial charge in [0.15, 0.2) is 4.34 Å². The molecule has 0 aliphatic heterocycles. The molecule has 0 atom stereocenters. The molecule has 0 saturated heterocycles. The van der Waals surface area contributed by atoms with E-state index in [9.17, 15) is 0 Å². The molecule has 0 amide bonds. The number of aromatic nitrogens is 4. The largest absolute Gasteiger partial charge is 0.370 e. The van der Waals surface area contributed by atoms with Gasteiger partial charge in [-0.05, 0) is 30.2 Å². The highest BCUT2D eigenvalue weighted by atomic mass is 32.2. The van der Waals surface area contributed by atoms with Gasteiger partial charge in [0.1, 0.15) is 22.5 Å². The zero-order valence-electron chi connectivity index (χ0n) is 11.3. The van der Waals surface area contributed by atoms with Crippen LogP contribution in [0.1, 0.15) is 32.4 Å². The molecule has 0 spiro atoms. The summed E-state index contributed by atoms with van der Waals surface area (Å²) in [5.41, 5.74) is 0. The minimum atomic E-state index is 0.823. The molecule has 2 heterocycles. The van der Waals surface area contributed by atoms with Gasteiger partial charge in [-0.1, -0.05) is 13.8 Å². The summed E-state index contributed by atoms with van der Waals surface area (Å²) >= 11 is 2.97. The van der Waals surface area contributed by atoms with E-state index in [-0.39, 0.29) is 0 Å². The zero-order chi connectivity index (χ0) is 13.7. The summed E-state index contributed by atoms with van der Waals surface area (Å²) in [6.45, 7) is 7.02. The van der Waals surface area contributed by atoms with E-state index in [0.717, 1.165) is 46.2 Å². The molecular formula is C12H17N5S2. The molecule has 2 aromatic rings. The van der Waals surface area contributed by atoms with Gasteiger partial charge >= 0.3 is 0 Å². The summed E-state index contributed by atoms with van der Waals surface area (Å²) in [6, 6.07) is 1.96. The summed E-state index contributed by atoms with van der Waals surface area (Å²) in [5.74, 6) is 2.61. The Morgan fingerprint density at radius 3 is 2.53 bits per heavy atom. The monoisotopic (exact) mass is 295 g/mol. The lowest BCUT2D eigenvalue weighted by Gasteiger charge is -2.06. The van der Waals surface area contributed by atoms with Crippen molar-refractivity contribution in [2.75, 3.05) is 11.9 Å². The van der Waals surface area contributed by atoms with Crippen LogP contribution in [0.4, 0.5) is 5.82 Å². The third kappa shape index (κ3) is 3.87. The van der Waals surface area contributed by atoms with Crippen LogP contribution in [0.5, 0.6) is 0 Å². The highest BCUT2D eigenvalue weighted by Crippen LogP contribution is 2.28. The van der Waals surface area contributed by atoms with Crippen molar-refractivity contribution >= 4 is 29.1 Å². The second-order valence-corrected chi connectivity index (χ2v) is 5.84. The number of nitrogens with zero attached hydrogens (tertiary/aromatic N) is 4. The number of rotatable bonds is 6. The predicted molar refractivity (Wildman–Crippen MR) is 79.0 cm³/mol. The number of aryl methyl sites for hydroxylation is 2. The molecule has 2 rings (SSSR count). The van der Waals surface area contributed by atoms with Gasteiger partial charge in [-0.2, -0.15) is 4.37 Å². The van der Waals surface area contributed by atoms with Crippen molar-refractivity contribution < 1.29 is 0 Å². The van der Waals surface area contributed by atoms with Gasteiger partial charge < -0.3 is 5.32 Å². The third-order valence-corrected chi connectivity index (χ3v) is 4.09. The van der Waals surface area contributed by atoms with Crippen LogP contribution in [0, 0.1) is 0 Å². The van der Waals surface area contributed by atoms with Crippen molar-refractivity contribution in [3.8, 4) is 0 Å². The number of anilines is 1. The molecule has 5 nitrogen and oxygen atoms in total. The molecule has 2 aromatic heterocycles. The highest BCUT2D eigenvalue weighted by Gasteiger charge is 2.08. The molecule has 0 aliphatic carbocycles. The quantitative estimate of drug-likeness (QED) is 0.826. The molecule has 0 bridgehead atoms. The normalized spacial score (nSPS) is 10.7. The maximum Gasteiger partial charge on any atom is 0.176 e. The summed E-state index contributed by atoms with van der Waals surface area (Å²) in [5, 5.41) is 4.15. The Labute approximate surface area is 121 Å². The molecule has 0 unspecified atom stereocenters. The Kier molecular flexibility index (Phi) is 5.09. The summed E-state index contributed by atoms with van der Waals surface area (Å²) in [4.78, 5) is 13.4. The molecule has 0 fully saturated rings. The number of hydrogen-bond acceptors (Lipinski definition) is 7. The molecule has 0 aliphatic rings. The van der Waals surface area contributed by atoms with Crippen molar-refractivity contribution in [2.45, 2.75) is 43.0 Å². The van der Waals surface area contributed by atoms with Crippen LogP contribution in [-0.4, -0.2) is 25.9 Å². The standard InChI is InChI=1S/C12H17N5S2/c1-4-8-14-10(13-6-3)7-11(15-8)18-12-16-9(5-2)17-19-12/h7H,4-6H2,1-3H3,(H,13,14,15). The van der Waals surface area contributed by atoms with Crippen molar-refractivity contribution in [3.05, 3.63) is 17.7 Å². The van der Waals surface area contributed by atoms with Crippen LogP contribution in [-0.2, 0) is 12.8 Å². The average molecular weight is 295 g/mol. The van der Waals surface area contributed by atoms with Gasteiger partial charge in [-0.15, -0.1) is 0 Å². The summed E-state index contributed by atoms with van der Waals surface area (Å²) in [7, 11) is 0. The first-order chi connectivity index (χ1) is 9.25. The zero-order valence-corrected chi connectivity index (χ0v) is 12.9. The Balaban J connectivity index is 2.20. The van der Waals surface area contributed by atoms with Gasteiger partial charge in [0.05, 0.1) is 0 Å². The molecule has 102 valence electrons. The topological polar surface area (TPSA) is 63.6 Å². The van der Waals surface area contributed by atoms with Gasteiger partial charge in [0, 0.05) is 25.5 Å². The highest BCUT2D eigenvalue weighted by molar-refractivity contribution is 8.00. The van der Waals surface area contributed by atoms with Gasteiger partial charge in [-0.3, -0.25) is 0 Å². The fraction of sp³-hybridized carbons (Fsp3) is 0.500. The SMILES string of the molecule is CCNc1cc(Sc2nc(CC)ns2)nc(CC)n1. The molecule has 0 saturated carbocycles. The van der Waals surface area contributed by atoms with Crippen LogP contribution < -0.4 is 5.32 Å². The van der Waals surface area contributed by atoms with Gasteiger partial charge in [0.25, 0.3) is 0 Å². The lowest BCUT2D eigenvalue weighted by molar-refractivity contribution is 0.886. The van der Waals surface area contributed by atoms with E-state index in [1.807, 2.05) is 6.07 Å². The van der Waals surface area contributed by atoms with Crippen molar-refractivity contribution in [2.24, 2.45) is 0 Å². The average Bonchev–Trinajstić information content (AvgIpc) is 2.86. The van der Waals surface area contributed by atoms with Crippen molar-refractivity contribution in [1.82, 2.24) is 19.3 Å². The van der Waals surface area contributed by atoms with Gasteiger partial charge in [-0.25, -0.2) is 15.0 Å². The first kappa shape index (κ1) is 14.2. The van der Waals surface area contributed by atoms with Crippen molar-refractivity contribution in [3.63, 3.8) is 0 Å². The molecular weight excluding hydrogens is 278 g/mol. The summed E-state index contributed by atoms with van der Waals surface area (Å²) < 4.78 is 5.21. The van der Waals surface area contributed by atoms with E-state index in [2.05, 4.69) is 45.4 Å². The predicted octanol–water partition coefficient (Wildman–Crippen LogP) is 3.04. The molecule has 7 heteroatoms. The molecule has 1 N–H and O–H groups in total. The minimum Gasteiger partial charge on any atom is -0.370 e. The van der Waals surface area contributed by atoms with E-state index < -0.39 is 0 Å². The maximum atomic E-state index is 4.52. The third-order valence-electron chi connectivity index (χ3n) is 2.38. The van der Waals surface area contributed by atoms with Crippen LogP contribution in [0.2, 0.25) is 0 Å². The second kappa shape index (κ2) is 6.81. The first-order valence-electron chi connectivity index (χ1n) is 6.37. The Bertz CT molecular complexity index is 541. The minimum absolute atomic E-state index is 0.823. The lowest BCUT2D eigenvalue weighted by Crippen LogP contribution is -2.03. The van der Waals surface area contributed by atoms with Crippen LogP contribution in [0.15, 0.2) is 15.4 Å². The lowest BCUT2D eigenvalue weighted by atomic mass is 10.4. The van der Waals surface area contributed by atoms with Crippen LogP contribution >= 0.6 is 23.3 Å². The van der Waals surface area contributed by atoms with E-state index in [4.69, 9.17) is 0 Å². The van der Waals surface area contributed by atoms with E-state index in [1.54, 1.807) is 11.8 Å². The van der Waals surface area contributed by atoms with Crippen molar-refractivity contribution in [1.29, 1.82) is 0 Å².